The number of carbonyl (C=O) groups excluding carboxylic acids is 1. The summed E-state index contributed by atoms with van der Waals surface area (Å²) in [7, 11) is 3.48. The normalized spacial score (nSPS) is 14.1. The molecule has 0 atom stereocenters. The molecule has 0 saturated carbocycles. The van der Waals surface area contributed by atoms with Gasteiger partial charge in [0.05, 0.1) is 18.7 Å². The molecule has 2 heterocycles. The molecule has 7 heteroatoms. The van der Waals surface area contributed by atoms with Crippen LogP contribution in [-0.2, 0) is 4.74 Å². The first-order chi connectivity index (χ1) is 13.6. The highest BCUT2D eigenvalue weighted by Gasteiger charge is 2.13. The summed E-state index contributed by atoms with van der Waals surface area (Å²) in [5.41, 5.74) is 3.51. The van der Waals surface area contributed by atoms with Crippen LogP contribution in [0.2, 0.25) is 0 Å². The summed E-state index contributed by atoms with van der Waals surface area (Å²) >= 11 is 0. The lowest BCUT2D eigenvalue weighted by molar-refractivity contribution is 0.0828. The van der Waals surface area contributed by atoms with Crippen molar-refractivity contribution in [1.82, 2.24) is 14.9 Å². The predicted octanol–water partition coefficient (Wildman–Crippen LogP) is 2.91. The van der Waals surface area contributed by atoms with E-state index >= 15 is 0 Å². The number of aromatic nitrogens is 2. The minimum Gasteiger partial charge on any atom is -0.378 e. The molecule has 144 valence electrons. The lowest BCUT2D eigenvalue weighted by Gasteiger charge is -2.28. The highest BCUT2D eigenvalue weighted by molar-refractivity contribution is 6.00. The van der Waals surface area contributed by atoms with Gasteiger partial charge in [0.15, 0.2) is 0 Å². The maximum Gasteiger partial charge on any atom is 0.253 e. The molecule has 1 aliphatic heterocycles. The van der Waals surface area contributed by atoms with Crippen molar-refractivity contribution in [2.75, 3.05) is 50.6 Å². The van der Waals surface area contributed by atoms with Crippen LogP contribution in [0.3, 0.4) is 0 Å². The van der Waals surface area contributed by atoms with E-state index in [4.69, 9.17) is 4.74 Å². The third kappa shape index (κ3) is 3.75. The number of rotatable bonds is 4. The van der Waals surface area contributed by atoms with Gasteiger partial charge in [0.25, 0.3) is 5.91 Å². The van der Waals surface area contributed by atoms with Gasteiger partial charge in [0.2, 0.25) is 0 Å². The fraction of sp³-hybridized carbons (Fsp3) is 0.286. The molecule has 7 nitrogen and oxygen atoms in total. The quantitative estimate of drug-likeness (QED) is 0.754. The highest BCUT2D eigenvalue weighted by atomic mass is 16.5. The number of nitrogens with zero attached hydrogens (tertiary/aromatic N) is 4. The van der Waals surface area contributed by atoms with E-state index in [1.807, 2.05) is 24.3 Å². The summed E-state index contributed by atoms with van der Waals surface area (Å²) in [5.74, 6) is 0.629. The molecule has 0 aliphatic carbocycles. The minimum atomic E-state index is -0.0495. The van der Waals surface area contributed by atoms with Gasteiger partial charge < -0.3 is 19.9 Å². The van der Waals surface area contributed by atoms with Crippen LogP contribution >= 0.6 is 0 Å². The van der Waals surface area contributed by atoms with Crippen LogP contribution in [0.15, 0.2) is 48.8 Å². The van der Waals surface area contributed by atoms with Crippen molar-refractivity contribution < 1.29 is 9.53 Å². The third-order valence-corrected chi connectivity index (χ3v) is 4.79. The Morgan fingerprint density at radius 2 is 1.82 bits per heavy atom. The molecular formula is C21H23N5O2. The van der Waals surface area contributed by atoms with Crippen LogP contribution < -0.4 is 10.2 Å². The van der Waals surface area contributed by atoms with Gasteiger partial charge in [-0.25, -0.2) is 9.97 Å². The monoisotopic (exact) mass is 377 g/mol. The maximum absolute atomic E-state index is 12.3. The summed E-state index contributed by atoms with van der Waals surface area (Å²) in [6, 6.07) is 13.7. The van der Waals surface area contributed by atoms with E-state index in [0.717, 1.165) is 42.9 Å². The van der Waals surface area contributed by atoms with E-state index in [-0.39, 0.29) is 5.91 Å². The largest absolute Gasteiger partial charge is 0.378 e. The molecule has 0 unspecified atom stereocenters. The molecule has 0 bridgehead atoms. The minimum absolute atomic E-state index is 0.0495. The first-order valence-corrected chi connectivity index (χ1v) is 9.28. The molecular weight excluding hydrogens is 354 g/mol. The molecule has 4 rings (SSSR count). The summed E-state index contributed by atoms with van der Waals surface area (Å²) in [4.78, 5) is 24.9. The summed E-state index contributed by atoms with van der Waals surface area (Å²) in [6.45, 7) is 3.35. The molecule has 3 aromatic rings. The van der Waals surface area contributed by atoms with E-state index < -0.39 is 0 Å². The Morgan fingerprint density at radius 3 is 2.54 bits per heavy atom. The maximum atomic E-state index is 12.3. The van der Waals surface area contributed by atoms with E-state index in [1.165, 1.54) is 12.0 Å². The Bertz CT molecular complexity index is 982. The standard InChI is InChI=1S/C21H23N5O2/c1-25(2)21(27)15-3-8-19-18(13-15)20(23-14-22-19)24-16-4-6-17(7-5-16)26-9-11-28-12-10-26/h3-8,13-14H,9-12H2,1-2H3,(H,22,23,24). The molecule has 0 spiro atoms. The number of hydrogen-bond donors (Lipinski definition) is 1. The average Bonchev–Trinajstić information content (AvgIpc) is 2.74. The Labute approximate surface area is 164 Å². The molecule has 1 aromatic heterocycles. The van der Waals surface area contributed by atoms with Gasteiger partial charge in [-0.1, -0.05) is 0 Å². The van der Waals surface area contributed by atoms with Gasteiger partial charge in [0.1, 0.15) is 12.1 Å². The molecule has 1 N–H and O–H groups in total. The molecule has 28 heavy (non-hydrogen) atoms. The van der Waals surface area contributed by atoms with Crippen molar-refractivity contribution >= 4 is 34.0 Å². The third-order valence-electron chi connectivity index (χ3n) is 4.79. The van der Waals surface area contributed by atoms with Crippen LogP contribution in [0.5, 0.6) is 0 Å². The first-order valence-electron chi connectivity index (χ1n) is 9.28. The van der Waals surface area contributed by atoms with Crippen LogP contribution in [0.4, 0.5) is 17.2 Å². The number of ether oxygens (including phenoxy) is 1. The van der Waals surface area contributed by atoms with Gasteiger partial charge >= 0.3 is 0 Å². The molecule has 1 saturated heterocycles. The van der Waals surface area contributed by atoms with Crippen LogP contribution in [0.25, 0.3) is 10.9 Å². The number of hydrogen-bond acceptors (Lipinski definition) is 6. The zero-order valence-corrected chi connectivity index (χ0v) is 16.1. The molecule has 2 aromatic carbocycles. The van der Waals surface area contributed by atoms with Crippen molar-refractivity contribution in [3.63, 3.8) is 0 Å². The highest BCUT2D eigenvalue weighted by Crippen LogP contribution is 2.26. The van der Waals surface area contributed by atoms with Crippen LogP contribution in [0.1, 0.15) is 10.4 Å². The number of fused-ring (bicyclic) bond motifs is 1. The number of morpholine rings is 1. The average molecular weight is 377 g/mol. The zero-order chi connectivity index (χ0) is 19.5. The van der Waals surface area contributed by atoms with Crippen molar-refractivity contribution in [2.24, 2.45) is 0 Å². The van der Waals surface area contributed by atoms with E-state index in [9.17, 15) is 4.79 Å². The Morgan fingerprint density at radius 1 is 1.07 bits per heavy atom. The molecule has 1 amide bonds. The van der Waals surface area contributed by atoms with Crippen molar-refractivity contribution in [3.05, 3.63) is 54.4 Å². The first kappa shape index (κ1) is 18.2. The number of nitrogens with one attached hydrogen (secondary N) is 1. The van der Waals surface area contributed by atoms with Gasteiger partial charge in [-0.3, -0.25) is 4.79 Å². The fourth-order valence-electron chi connectivity index (χ4n) is 3.26. The van der Waals surface area contributed by atoms with Crippen molar-refractivity contribution in [3.8, 4) is 0 Å². The second-order valence-electron chi connectivity index (χ2n) is 6.93. The topological polar surface area (TPSA) is 70.6 Å². The second-order valence-corrected chi connectivity index (χ2v) is 6.93. The molecule has 1 fully saturated rings. The fourth-order valence-corrected chi connectivity index (χ4v) is 3.26. The van der Waals surface area contributed by atoms with Gasteiger partial charge in [-0.15, -0.1) is 0 Å². The molecule has 1 aliphatic rings. The number of carbonyl (C=O) groups is 1. The second kappa shape index (κ2) is 7.82. The van der Waals surface area contributed by atoms with E-state index in [2.05, 4.69) is 32.3 Å². The smallest absolute Gasteiger partial charge is 0.253 e. The predicted molar refractivity (Wildman–Crippen MR) is 110 cm³/mol. The Kier molecular flexibility index (Phi) is 5.08. The lowest BCUT2D eigenvalue weighted by Crippen LogP contribution is -2.36. The molecule has 0 radical (unpaired) electrons. The Hall–Kier alpha value is -3.19. The number of benzene rings is 2. The van der Waals surface area contributed by atoms with E-state index in [0.29, 0.717) is 11.4 Å². The van der Waals surface area contributed by atoms with Crippen molar-refractivity contribution in [1.29, 1.82) is 0 Å². The summed E-state index contributed by atoms with van der Waals surface area (Å²) < 4.78 is 5.41. The number of amides is 1. The Balaban J connectivity index is 1.60. The van der Waals surface area contributed by atoms with Crippen LogP contribution in [0, 0.1) is 0 Å². The van der Waals surface area contributed by atoms with E-state index in [1.54, 1.807) is 25.1 Å². The zero-order valence-electron chi connectivity index (χ0n) is 16.1. The lowest BCUT2D eigenvalue weighted by atomic mass is 10.1. The van der Waals surface area contributed by atoms with Gasteiger partial charge in [-0.2, -0.15) is 0 Å². The SMILES string of the molecule is CN(C)C(=O)c1ccc2ncnc(Nc3ccc(N4CCOCC4)cc3)c2c1. The number of anilines is 3. The van der Waals surface area contributed by atoms with Crippen molar-refractivity contribution in [2.45, 2.75) is 0 Å². The summed E-state index contributed by atoms with van der Waals surface area (Å²) in [6.07, 6.45) is 1.53. The van der Waals surface area contributed by atoms with Crippen LogP contribution in [-0.4, -0.2) is 61.2 Å². The van der Waals surface area contributed by atoms with Gasteiger partial charge in [0, 0.05) is 49.5 Å². The summed E-state index contributed by atoms with van der Waals surface area (Å²) in [5, 5.41) is 4.17. The van der Waals surface area contributed by atoms with Gasteiger partial charge in [-0.05, 0) is 42.5 Å².